The number of carbonyl (C=O) groups is 2. The second-order valence-electron chi connectivity index (χ2n) is 5.77. The lowest BCUT2D eigenvalue weighted by Gasteiger charge is -2.19. The number of aliphatic hydroxyl groups excluding tert-OH is 1. The molecule has 11 nitrogen and oxygen atoms in total. The largest absolute Gasteiger partial charge is 0.448 e. The van der Waals surface area contributed by atoms with Gasteiger partial charge in [-0.1, -0.05) is 33.1 Å². The summed E-state index contributed by atoms with van der Waals surface area (Å²) in [7, 11) is -10.3. The molecule has 0 aliphatic carbocycles. The Morgan fingerprint density at radius 3 is 1.84 bits per heavy atom. The first kappa shape index (κ1) is 23.7. The van der Waals surface area contributed by atoms with Gasteiger partial charge >= 0.3 is 32.7 Å². The molecule has 0 aromatic heterocycles. The summed E-state index contributed by atoms with van der Waals surface area (Å²) in [6.07, 6.45) is -0.712. The molecule has 0 radical (unpaired) electrons. The quantitative estimate of drug-likeness (QED) is 0.316. The molecule has 0 fully saturated rings. The molecular formula is C12H22O11S2. The zero-order chi connectivity index (χ0) is 19.8. The first-order valence-corrected chi connectivity index (χ1v) is 10.0. The smallest absolute Gasteiger partial charge is 0.392 e. The lowest BCUT2D eigenvalue weighted by Crippen LogP contribution is -2.34. The van der Waals surface area contributed by atoms with Crippen molar-refractivity contribution in [3.05, 3.63) is 0 Å². The highest BCUT2D eigenvalue weighted by Crippen LogP contribution is 2.20. The van der Waals surface area contributed by atoms with Gasteiger partial charge in [0.25, 0.3) is 0 Å². The molecule has 3 N–H and O–H groups in total. The molecule has 0 saturated carbocycles. The van der Waals surface area contributed by atoms with E-state index in [0.717, 1.165) is 6.42 Å². The fourth-order valence-electron chi connectivity index (χ4n) is 1.98. The molecule has 0 aromatic carbocycles. The maximum absolute atomic E-state index is 11.7. The van der Waals surface area contributed by atoms with Gasteiger partial charge in [-0.25, -0.2) is 0 Å². The van der Waals surface area contributed by atoms with Crippen molar-refractivity contribution in [1.82, 2.24) is 0 Å². The molecule has 2 atom stereocenters. The Labute approximate surface area is 146 Å². The Kier molecular flexibility index (Phi) is 9.50. The summed E-state index contributed by atoms with van der Waals surface area (Å²) in [5.41, 5.74) is 0. The normalized spacial score (nSPS) is 14.8. The van der Waals surface area contributed by atoms with Crippen molar-refractivity contribution in [3.8, 4) is 0 Å². The van der Waals surface area contributed by atoms with Gasteiger partial charge < -0.3 is 13.5 Å². The third-order valence-corrected chi connectivity index (χ3v) is 3.84. The topological polar surface area (TPSA) is 182 Å². The van der Waals surface area contributed by atoms with Crippen LogP contribution in [0.3, 0.4) is 0 Å². The van der Waals surface area contributed by atoms with E-state index in [-0.39, 0.29) is 6.42 Å². The monoisotopic (exact) mass is 406 g/mol. The average Bonchev–Trinajstić information content (AvgIpc) is 2.36. The minimum atomic E-state index is -5.19. The summed E-state index contributed by atoms with van der Waals surface area (Å²) in [5.74, 6) is -4.68. The maximum Gasteiger partial charge on any atom is 0.448 e. The van der Waals surface area contributed by atoms with E-state index in [4.69, 9.17) is 9.11 Å². The van der Waals surface area contributed by atoms with Crippen LogP contribution in [0.4, 0.5) is 0 Å². The molecule has 13 heteroatoms. The molecule has 2 unspecified atom stereocenters. The third kappa shape index (κ3) is 12.7. The molecule has 0 heterocycles. The van der Waals surface area contributed by atoms with Crippen molar-refractivity contribution in [1.29, 1.82) is 0 Å². The van der Waals surface area contributed by atoms with E-state index in [9.17, 15) is 31.5 Å². The summed E-state index contributed by atoms with van der Waals surface area (Å²) in [4.78, 5) is 23.1. The van der Waals surface area contributed by atoms with Gasteiger partial charge in [0.05, 0.1) is 18.4 Å². The Bertz CT molecular complexity index is 651. The molecule has 0 bridgehead atoms. The van der Waals surface area contributed by atoms with Crippen LogP contribution in [0.1, 0.15) is 46.0 Å². The van der Waals surface area contributed by atoms with Gasteiger partial charge in [-0.3, -0.25) is 18.7 Å². The Morgan fingerprint density at radius 2 is 1.40 bits per heavy atom. The summed E-state index contributed by atoms with van der Waals surface area (Å²) in [5, 5.41) is 9.99. The van der Waals surface area contributed by atoms with Crippen molar-refractivity contribution in [3.63, 3.8) is 0 Å². The van der Waals surface area contributed by atoms with Crippen molar-refractivity contribution in [2.24, 2.45) is 11.8 Å². The van der Waals surface area contributed by atoms with Crippen LogP contribution in [0.2, 0.25) is 0 Å². The Morgan fingerprint density at radius 1 is 0.920 bits per heavy atom. The zero-order valence-electron chi connectivity index (χ0n) is 13.7. The number of rotatable bonds is 11. The fourth-order valence-corrected chi connectivity index (χ4v) is 2.61. The molecule has 148 valence electrons. The Balaban J connectivity index is 4.99. The molecule has 0 saturated heterocycles. The van der Waals surface area contributed by atoms with Gasteiger partial charge in [-0.2, -0.15) is 16.8 Å². The molecule has 25 heavy (non-hydrogen) atoms. The lowest BCUT2D eigenvalue weighted by molar-refractivity contribution is -0.149. The molecule has 0 aliphatic heterocycles. The van der Waals surface area contributed by atoms with Crippen LogP contribution in [0.5, 0.6) is 0 Å². The number of carbonyl (C=O) groups excluding carboxylic acids is 2. The van der Waals surface area contributed by atoms with E-state index in [1.54, 1.807) is 0 Å². The molecule has 0 amide bonds. The molecule has 0 aliphatic rings. The molecule has 0 spiro atoms. The second kappa shape index (κ2) is 10.0. The summed E-state index contributed by atoms with van der Waals surface area (Å²) >= 11 is 0. The van der Waals surface area contributed by atoms with E-state index in [1.165, 1.54) is 0 Å². The standard InChI is InChI=1S/C12H22O11S2/c1-8(2)5-3-4-6-10(13)9(12(15)23-25(19,20)21)7-11(14)22-24(16,17)18/h8-10,13H,3-7H2,1-2H3,(H,16,17,18)(H,19,20,21). The maximum atomic E-state index is 11.7. The van der Waals surface area contributed by atoms with E-state index in [2.05, 4.69) is 8.37 Å². The first-order chi connectivity index (χ1) is 11.2. The van der Waals surface area contributed by atoms with Crippen molar-refractivity contribution in [2.75, 3.05) is 0 Å². The van der Waals surface area contributed by atoms with E-state index in [1.807, 2.05) is 13.8 Å². The second-order valence-corrected chi connectivity index (χ2v) is 7.81. The SMILES string of the molecule is CC(C)CCCCC(O)C(CC(=O)OS(=O)(=O)O)C(=O)OS(=O)(=O)O. The van der Waals surface area contributed by atoms with Gasteiger partial charge in [0.2, 0.25) is 0 Å². The van der Waals surface area contributed by atoms with Crippen molar-refractivity contribution >= 4 is 32.7 Å². The van der Waals surface area contributed by atoms with Gasteiger partial charge in [0.15, 0.2) is 0 Å². The van der Waals surface area contributed by atoms with Gasteiger partial charge in [0.1, 0.15) is 0 Å². The van der Waals surface area contributed by atoms with Gasteiger partial charge in [0, 0.05) is 0 Å². The number of unbranched alkanes of at least 4 members (excludes halogenated alkanes) is 1. The summed E-state index contributed by atoms with van der Waals surface area (Å²) in [6, 6.07) is 0. The van der Waals surface area contributed by atoms with Crippen LogP contribution in [0.15, 0.2) is 0 Å². The fraction of sp³-hybridized carbons (Fsp3) is 0.833. The number of hydrogen-bond donors (Lipinski definition) is 3. The van der Waals surface area contributed by atoms with Gasteiger partial charge in [-0.05, 0) is 12.3 Å². The molecular weight excluding hydrogens is 384 g/mol. The van der Waals surface area contributed by atoms with Crippen molar-refractivity contribution in [2.45, 2.75) is 52.1 Å². The van der Waals surface area contributed by atoms with Crippen LogP contribution in [-0.2, 0) is 38.8 Å². The van der Waals surface area contributed by atoms with Crippen molar-refractivity contribution < 1.29 is 49.0 Å². The number of aliphatic hydroxyl groups is 1. The van der Waals surface area contributed by atoms with Crippen LogP contribution in [0.25, 0.3) is 0 Å². The predicted octanol–water partition coefficient (Wildman–Crippen LogP) is 0.262. The first-order valence-electron chi connectivity index (χ1n) is 7.29. The van der Waals surface area contributed by atoms with Crippen LogP contribution >= 0.6 is 0 Å². The number of hydrogen-bond acceptors (Lipinski definition) is 9. The third-order valence-electron chi connectivity index (χ3n) is 3.07. The van der Waals surface area contributed by atoms with Crippen LogP contribution in [-0.4, -0.2) is 49.1 Å². The van der Waals surface area contributed by atoms with Gasteiger partial charge in [-0.15, -0.1) is 0 Å². The van der Waals surface area contributed by atoms with Crippen LogP contribution < -0.4 is 0 Å². The zero-order valence-corrected chi connectivity index (χ0v) is 15.3. The molecule has 0 rings (SSSR count). The lowest BCUT2D eigenvalue weighted by atomic mass is 9.93. The minimum absolute atomic E-state index is 0.0167. The van der Waals surface area contributed by atoms with E-state index in [0.29, 0.717) is 18.8 Å². The van der Waals surface area contributed by atoms with Crippen LogP contribution in [0, 0.1) is 11.8 Å². The van der Waals surface area contributed by atoms with E-state index >= 15 is 0 Å². The average molecular weight is 406 g/mol. The highest BCUT2D eigenvalue weighted by Gasteiger charge is 2.34. The molecule has 0 aromatic rings. The Hall–Kier alpha value is -1.28. The highest BCUT2D eigenvalue weighted by molar-refractivity contribution is 7.81. The predicted molar refractivity (Wildman–Crippen MR) is 82.7 cm³/mol. The minimum Gasteiger partial charge on any atom is -0.392 e. The summed E-state index contributed by atoms with van der Waals surface area (Å²) < 4.78 is 66.4. The van der Waals surface area contributed by atoms with E-state index < -0.39 is 51.2 Å². The summed E-state index contributed by atoms with van der Waals surface area (Å²) in [6.45, 7) is 3.96. The highest BCUT2D eigenvalue weighted by atomic mass is 32.3.